The molecular weight excluding hydrogens is 281 g/mol. The fraction of sp³-hybridized carbons (Fsp3) is 0.583. The molecule has 2 aromatic heterocycles. The third-order valence-electron chi connectivity index (χ3n) is 3.50. The minimum absolute atomic E-state index is 0.434. The van der Waals surface area contributed by atoms with Crippen molar-refractivity contribution in [1.82, 2.24) is 19.5 Å². The van der Waals surface area contributed by atoms with E-state index in [-0.39, 0.29) is 0 Å². The molecule has 3 rings (SSSR count). The molecule has 0 aliphatic carbocycles. The molecule has 0 saturated carbocycles. The summed E-state index contributed by atoms with van der Waals surface area (Å²) in [7, 11) is 3.64. The van der Waals surface area contributed by atoms with Crippen molar-refractivity contribution in [2.75, 3.05) is 25.6 Å². The molecule has 1 aliphatic rings. The normalized spacial score (nSPS) is 29.2. The number of hydrogen-bond acceptors (Lipinski definition) is 7. The average molecular weight is 297 g/mol. The molecule has 2 N–H and O–H groups in total. The average Bonchev–Trinajstić information content (AvgIpc) is 3.01. The fourth-order valence-electron chi connectivity index (χ4n) is 2.44. The fourth-order valence-corrected chi connectivity index (χ4v) is 2.44. The van der Waals surface area contributed by atoms with Crippen LogP contribution in [0.5, 0.6) is 0 Å². The maximum absolute atomic E-state index is 13.8. The minimum atomic E-state index is -1.66. The van der Waals surface area contributed by atoms with Crippen LogP contribution < -0.4 is 4.90 Å². The first-order valence-electron chi connectivity index (χ1n) is 6.48. The van der Waals surface area contributed by atoms with Crippen molar-refractivity contribution < 1.29 is 19.3 Å². The van der Waals surface area contributed by atoms with E-state index in [9.17, 15) is 9.50 Å². The zero-order valence-corrected chi connectivity index (χ0v) is 11.6. The van der Waals surface area contributed by atoms with Gasteiger partial charge in [0.05, 0.1) is 12.9 Å². The molecule has 8 nitrogen and oxygen atoms in total. The van der Waals surface area contributed by atoms with E-state index in [2.05, 4.69) is 15.0 Å². The van der Waals surface area contributed by atoms with Crippen molar-refractivity contribution in [3.8, 4) is 0 Å². The standard InChI is InChI=1S/C12H16FN5O3/c1-17(2)10-8-11(15-4-14-10)18(5-16-8)12-9(20)7(13)6(3-19)21-12/h4-7,9,12,19-20H,3H2,1-2H3/t6-,7?,9+,12-/m1/s1. The van der Waals surface area contributed by atoms with Gasteiger partial charge in [-0.3, -0.25) is 4.57 Å². The van der Waals surface area contributed by atoms with Gasteiger partial charge < -0.3 is 19.8 Å². The van der Waals surface area contributed by atoms with Crippen molar-refractivity contribution >= 4 is 17.0 Å². The second-order valence-electron chi connectivity index (χ2n) is 5.10. The Labute approximate surface area is 119 Å². The lowest BCUT2D eigenvalue weighted by atomic mass is 10.1. The molecule has 0 radical (unpaired) electrons. The maximum atomic E-state index is 13.8. The molecule has 21 heavy (non-hydrogen) atoms. The quantitative estimate of drug-likeness (QED) is 0.787. The number of aromatic nitrogens is 4. The minimum Gasteiger partial charge on any atom is -0.394 e. The lowest BCUT2D eigenvalue weighted by molar-refractivity contribution is -0.0495. The van der Waals surface area contributed by atoms with Crippen molar-refractivity contribution in [2.24, 2.45) is 0 Å². The van der Waals surface area contributed by atoms with Crippen LogP contribution in [0.2, 0.25) is 0 Å². The van der Waals surface area contributed by atoms with Gasteiger partial charge in [0.1, 0.15) is 18.5 Å². The summed E-state index contributed by atoms with van der Waals surface area (Å²) in [6.45, 7) is -0.501. The highest BCUT2D eigenvalue weighted by atomic mass is 19.1. The summed E-state index contributed by atoms with van der Waals surface area (Å²) in [5.74, 6) is 0.613. The lowest BCUT2D eigenvalue weighted by Crippen LogP contribution is -2.29. The largest absolute Gasteiger partial charge is 0.394 e. The van der Waals surface area contributed by atoms with Crippen LogP contribution in [-0.4, -0.2) is 68.8 Å². The van der Waals surface area contributed by atoms with Gasteiger partial charge in [-0.2, -0.15) is 0 Å². The molecule has 0 amide bonds. The monoisotopic (exact) mass is 297 g/mol. The Morgan fingerprint density at radius 1 is 1.38 bits per heavy atom. The SMILES string of the molecule is CN(C)c1ncnc2c1ncn2[C@@H]1O[C@H](CO)C(F)[C@@H]1O. The van der Waals surface area contributed by atoms with E-state index in [1.807, 2.05) is 14.1 Å². The molecule has 0 bridgehead atoms. The Morgan fingerprint density at radius 2 is 2.14 bits per heavy atom. The summed E-state index contributed by atoms with van der Waals surface area (Å²) in [5.41, 5.74) is 0.963. The molecule has 0 aromatic carbocycles. The van der Waals surface area contributed by atoms with Gasteiger partial charge >= 0.3 is 0 Å². The first kappa shape index (κ1) is 14.1. The second kappa shape index (κ2) is 5.17. The number of anilines is 1. The van der Waals surface area contributed by atoms with Crippen molar-refractivity contribution in [1.29, 1.82) is 0 Å². The molecule has 1 unspecified atom stereocenters. The highest BCUT2D eigenvalue weighted by molar-refractivity contribution is 5.83. The second-order valence-corrected chi connectivity index (χ2v) is 5.10. The predicted molar refractivity (Wildman–Crippen MR) is 71.5 cm³/mol. The van der Waals surface area contributed by atoms with Crippen molar-refractivity contribution in [2.45, 2.75) is 24.6 Å². The van der Waals surface area contributed by atoms with Gasteiger partial charge in [0.25, 0.3) is 0 Å². The first-order valence-corrected chi connectivity index (χ1v) is 6.48. The number of imidazole rings is 1. The van der Waals surface area contributed by atoms with E-state index >= 15 is 0 Å². The zero-order chi connectivity index (χ0) is 15.1. The van der Waals surface area contributed by atoms with Crippen LogP contribution in [-0.2, 0) is 4.74 Å². The Kier molecular flexibility index (Phi) is 3.47. The summed E-state index contributed by atoms with van der Waals surface area (Å²) in [4.78, 5) is 14.3. The molecule has 2 aromatic rings. The third-order valence-corrected chi connectivity index (χ3v) is 3.50. The molecule has 4 atom stereocenters. The molecule has 3 heterocycles. The van der Waals surface area contributed by atoms with Crippen LogP contribution in [0.3, 0.4) is 0 Å². The number of nitrogens with zero attached hydrogens (tertiary/aromatic N) is 5. The third kappa shape index (κ3) is 2.13. The van der Waals surface area contributed by atoms with Crippen LogP contribution in [0.4, 0.5) is 10.2 Å². The number of alkyl halides is 1. The Hall–Kier alpha value is -1.84. The first-order chi connectivity index (χ1) is 10.0. The van der Waals surface area contributed by atoms with E-state index < -0.39 is 31.2 Å². The summed E-state index contributed by atoms with van der Waals surface area (Å²) in [6, 6.07) is 0. The summed E-state index contributed by atoms with van der Waals surface area (Å²) < 4.78 is 20.6. The number of ether oxygens (including phenoxy) is 1. The van der Waals surface area contributed by atoms with Gasteiger partial charge in [-0.05, 0) is 0 Å². The number of fused-ring (bicyclic) bond motifs is 1. The summed E-state index contributed by atoms with van der Waals surface area (Å²) in [6.07, 6.45) is -2.30. The highest BCUT2D eigenvalue weighted by Gasteiger charge is 2.45. The van der Waals surface area contributed by atoms with Crippen LogP contribution in [0.25, 0.3) is 11.2 Å². The van der Waals surface area contributed by atoms with Gasteiger partial charge in [-0.25, -0.2) is 19.3 Å². The predicted octanol–water partition coefficient (Wildman–Crippen LogP) is -0.519. The topological polar surface area (TPSA) is 96.5 Å². The van der Waals surface area contributed by atoms with Crippen molar-refractivity contribution in [3.05, 3.63) is 12.7 Å². The van der Waals surface area contributed by atoms with Crippen LogP contribution in [0, 0.1) is 0 Å². The number of hydrogen-bond donors (Lipinski definition) is 2. The van der Waals surface area contributed by atoms with Gasteiger partial charge in [0.2, 0.25) is 0 Å². The highest BCUT2D eigenvalue weighted by Crippen LogP contribution is 2.33. The molecule has 0 spiro atoms. The van der Waals surface area contributed by atoms with Gasteiger partial charge in [-0.15, -0.1) is 0 Å². The Balaban J connectivity index is 2.04. The molecular formula is C12H16FN5O3. The van der Waals surface area contributed by atoms with E-state index in [0.29, 0.717) is 17.0 Å². The Bertz CT molecular complexity index is 649. The Morgan fingerprint density at radius 3 is 2.76 bits per heavy atom. The summed E-state index contributed by atoms with van der Waals surface area (Å²) in [5, 5.41) is 19.0. The zero-order valence-electron chi connectivity index (χ0n) is 11.6. The van der Waals surface area contributed by atoms with Crippen molar-refractivity contribution in [3.63, 3.8) is 0 Å². The number of aliphatic hydroxyl groups excluding tert-OH is 2. The smallest absolute Gasteiger partial charge is 0.167 e. The van der Waals surface area contributed by atoms with Crippen LogP contribution in [0.15, 0.2) is 12.7 Å². The van der Waals surface area contributed by atoms with Gasteiger partial charge in [-0.1, -0.05) is 0 Å². The lowest BCUT2D eigenvalue weighted by Gasteiger charge is -2.16. The van der Waals surface area contributed by atoms with E-state index in [4.69, 9.17) is 9.84 Å². The summed E-state index contributed by atoms with van der Waals surface area (Å²) >= 11 is 0. The maximum Gasteiger partial charge on any atom is 0.167 e. The molecule has 1 fully saturated rings. The van der Waals surface area contributed by atoms with E-state index in [1.165, 1.54) is 17.2 Å². The molecule has 9 heteroatoms. The van der Waals surface area contributed by atoms with Crippen LogP contribution >= 0.6 is 0 Å². The number of rotatable bonds is 3. The van der Waals surface area contributed by atoms with Crippen LogP contribution in [0.1, 0.15) is 6.23 Å². The number of aliphatic hydroxyl groups is 2. The molecule has 1 saturated heterocycles. The number of halogens is 1. The van der Waals surface area contributed by atoms with E-state index in [0.717, 1.165) is 0 Å². The molecule has 114 valence electrons. The van der Waals surface area contributed by atoms with E-state index in [1.54, 1.807) is 4.90 Å². The molecule has 1 aliphatic heterocycles. The van der Waals surface area contributed by atoms with Gasteiger partial charge in [0.15, 0.2) is 29.4 Å². The van der Waals surface area contributed by atoms with Gasteiger partial charge in [0, 0.05) is 14.1 Å².